The molecule has 1 fully saturated rings. The number of aliphatic hydroxyl groups is 1. The summed E-state index contributed by atoms with van der Waals surface area (Å²) in [5, 5.41) is 10.2. The Morgan fingerprint density at radius 3 is 2.90 bits per heavy atom. The Kier molecular flexibility index (Phi) is 5.56. The van der Waals surface area contributed by atoms with E-state index < -0.39 is 6.10 Å². The van der Waals surface area contributed by atoms with Crippen LogP contribution in [0.5, 0.6) is 0 Å². The first-order valence-corrected chi connectivity index (χ1v) is 7.32. The Balaban J connectivity index is 1.88. The molecule has 0 unspecified atom stereocenters. The number of carbonyl (C=O) groups is 1. The molecule has 1 aliphatic rings. The van der Waals surface area contributed by atoms with Gasteiger partial charge in [0.05, 0.1) is 18.6 Å². The predicted molar refractivity (Wildman–Crippen MR) is 77.2 cm³/mol. The van der Waals surface area contributed by atoms with Crippen LogP contribution in [0.3, 0.4) is 0 Å². The minimum Gasteiger partial charge on any atom is -0.466 e. The minimum atomic E-state index is -0.503. The SMILES string of the molecule is CCOC(=O)[C@H]1CCCN(C[C@H](O)c2ccccc2)C1. The fourth-order valence-electron chi connectivity index (χ4n) is 2.70. The van der Waals surface area contributed by atoms with Crippen molar-refractivity contribution in [3.8, 4) is 0 Å². The van der Waals surface area contributed by atoms with E-state index in [4.69, 9.17) is 4.74 Å². The van der Waals surface area contributed by atoms with Crippen LogP contribution in [-0.4, -0.2) is 42.2 Å². The average Bonchev–Trinajstić information content (AvgIpc) is 2.48. The Morgan fingerprint density at radius 2 is 2.20 bits per heavy atom. The number of carbonyl (C=O) groups excluding carboxylic acids is 1. The van der Waals surface area contributed by atoms with Crippen molar-refractivity contribution in [3.63, 3.8) is 0 Å². The molecule has 4 heteroatoms. The van der Waals surface area contributed by atoms with Crippen molar-refractivity contribution < 1.29 is 14.6 Å². The molecule has 2 atom stereocenters. The summed E-state index contributed by atoms with van der Waals surface area (Å²) in [4.78, 5) is 13.9. The Bertz CT molecular complexity index is 421. The summed E-state index contributed by atoms with van der Waals surface area (Å²) in [6.45, 7) is 4.45. The molecule has 0 amide bonds. The van der Waals surface area contributed by atoms with Gasteiger partial charge in [-0.25, -0.2) is 0 Å². The zero-order valence-corrected chi connectivity index (χ0v) is 12.0. The van der Waals surface area contributed by atoms with Gasteiger partial charge in [-0.05, 0) is 31.9 Å². The van der Waals surface area contributed by atoms with Crippen molar-refractivity contribution in [1.29, 1.82) is 0 Å². The van der Waals surface area contributed by atoms with Gasteiger partial charge in [-0.2, -0.15) is 0 Å². The summed E-state index contributed by atoms with van der Waals surface area (Å²) in [5.41, 5.74) is 0.922. The van der Waals surface area contributed by atoms with Crippen LogP contribution < -0.4 is 0 Å². The van der Waals surface area contributed by atoms with Crippen molar-refractivity contribution in [1.82, 2.24) is 4.90 Å². The van der Waals surface area contributed by atoms with E-state index in [2.05, 4.69) is 4.90 Å². The number of aliphatic hydroxyl groups excluding tert-OH is 1. The summed E-state index contributed by atoms with van der Waals surface area (Å²) in [5.74, 6) is -0.155. The molecule has 20 heavy (non-hydrogen) atoms. The molecule has 1 aliphatic heterocycles. The molecule has 0 radical (unpaired) electrons. The topological polar surface area (TPSA) is 49.8 Å². The molecule has 4 nitrogen and oxygen atoms in total. The maximum atomic E-state index is 11.8. The van der Waals surface area contributed by atoms with E-state index in [9.17, 15) is 9.90 Å². The first kappa shape index (κ1) is 15.0. The lowest BCUT2D eigenvalue weighted by Crippen LogP contribution is -2.41. The van der Waals surface area contributed by atoms with Crippen molar-refractivity contribution in [2.75, 3.05) is 26.2 Å². The van der Waals surface area contributed by atoms with Gasteiger partial charge >= 0.3 is 5.97 Å². The zero-order valence-electron chi connectivity index (χ0n) is 12.0. The van der Waals surface area contributed by atoms with Crippen LogP contribution in [0.1, 0.15) is 31.4 Å². The van der Waals surface area contributed by atoms with E-state index in [1.165, 1.54) is 0 Å². The van der Waals surface area contributed by atoms with Gasteiger partial charge in [0.2, 0.25) is 0 Å². The molecule has 1 heterocycles. The maximum absolute atomic E-state index is 11.8. The van der Waals surface area contributed by atoms with Gasteiger partial charge in [-0.1, -0.05) is 30.3 Å². The van der Waals surface area contributed by atoms with Crippen LogP contribution in [0.25, 0.3) is 0 Å². The fraction of sp³-hybridized carbons (Fsp3) is 0.562. The summed E-state index contributed by atoms with van der Waals surface area (Å²) >= 11 is 0. The highest BCUT2D eigenvalue weighted by molar-refractivity contribution is 5.72. The van der Waals surface area contributed by atoms with Crippen molar-refractivity contribution in [2.24, 2.45) is 5.92 Å². The van der Waals surface area contributed by atoms with Crippen LogP contribution in [0, 0.1) is 5.92 Å². The number of rotatable bonds is 5. The molecule has 0 bridgehead atoms. The predicted octanol–water partition coefficient (Wildman–Crippen LogP) is 2.00. The Hall–Kier alpha value is -1.39. The molecule has 2 rings (SSSR count). The Morgan fingerprint density at radius 1 is 1.45 bits per heavy atom. The van der Waals surface area contributed by atoms with Crippen LogP contribution in [0.4, 0.5) is 0 Å². The lowest BCUT2D eigenvalue weighted by Gasteiger charge is -2.32. The number of β-amino-alcohol motifs (C(OH)–C–C–N with tert-alkyl or cyclic N) is 1. The third kappa shape index (κ3) is 4.05. The van der Waals surface area contributed by atoms with Gasteiger partial charge in [0.15, 0.2) is 0 Å². The monoisotopic (exact) mass is 277 g/mol. The number of piperidine rings is 1. The molecule has 1 aromatic rings. The molecular weight excluding hydrogens is 254 g/mol. The van der Waals surface area contributed by atoms with Crippen LogP contribution in [0.15, 0.2) is 30.3 Å². The molecule has 1 saturated heterocycles. The smallest absolute Gasteiger partial charge is 0.310 e. The minimum absolute atomic E-state index is 0.0494. The maximum Gasteiger partial charge on any atom is 0.310 e. The number of likely N-dealkylation sites (tertiary alicyclic amines) is 1. The fourth-order valence-corrected chi connectivity index (χ4v) is 2.70. The number of ether oxygens (including phenoxy) is 1. The number of nitrogens with zero attached hydrogens (tertiary/aromatic N) is 1. The van der Waals surface area contributed by atoms with E-state index in [0.717, 1.165) is 24.9 Å². The first-order valence-electron chi connectivity index (χ1n) is 7.32. The number of esters is 1. The number of hydrogen-bond donors (Lipinski definition) is 1. The van der Waals surface area contributed by atoms with Gasteiger partial charge in [0, 0.05) is 13.1 Å². The molecular formula is C16H23NO3. The summed E-state index contributed by atoms with van der Waals surface area (Å²) in [7, 11) is 0. The lowest BCUT2D eigenvalue weighted by molar-refractivity contribution is -0.150. The molecule has 110 valence electrons. The second-order valence-electron chi connectivity index (χ2n) is 5.28. The van der Waals surface area contributed by atoms with E-state index in [0.29, 0.717) is 19.7 Å². The number of hydrogen-bond acceptors (Lipinski definition) is 4. The van der Waals surface area contributed by atoms with Crippen LogP contribution in [-0.2, 0) is 9.53 Å². The summed E-state index contributed by atoms with van der Waals surface area (Å²) in [6.07, 6.45) is 1.36. The van der Waals surface area contributed by atoms with Gasteiger partial charge in [0.1, 0.15) is 0 Å². The van der Waals surface area contributed by atoms with E-state index in [1.807, 2.05) is 37.3 Å². The summed E-state index contributed by atoms with van der Waals surface area (Å²) in [6, 6.07) is 9.65. The van der Waals surface area contributed by atoms with Crippen molar-refractivity contribution >= 4 is 5.97 Å². The average molecular weight is 277 g/mol. The summed E-state index contributed by atoms with van der Waals surface area (Å²) < 4.78 is 5.09. The third-order valence-electron chi connectivity index (χ3n) is 3.74. The highest BCUT2D eigenvalue weighted by Gasteiger charge is 2.27. The van der Waals surface area contributed by atoms with Crippen LogP contribution >= 0.6 is 0 Å². The van der Waals surface area contributed by atoms with E-state index in [1.54, 1.807) is 0 Å². The van der Waals surface area contributed by atoms with Crippen molar-refractivity contribution in [2.45, 2.75) is 25.9 Å². The highest BCUT2D eigenvalue weighted by atomic mass is 16.5. The molecule has 1 aromatic carbocycles. The standard InChI is InChI=1S/C16H23NO3/c1-2-20-16(19)14-9-6-10-17(11-14)12-15(18)13-7-4-3-5-8-13/h3-5,7-8,14-15,18H,2,6,9-12H2,1H3/t14-,15-/m0/s1. The van der Waals surface area contributed by atoms with Gasteiger partial charge in [0.25, 0.3) is 0 Å². The van der Waals surface area contributed by atoms with Crippen molar-refractivity contribution in [3.05, 3.63) is 35.9 Å². The zero-order chi connectivity index (χ0) is 14.4. The second-order valence-corrected chi connectivity index (χ2v) is 5.28. The van der Waals surface area contributed by atoms with Crippen LogP contribution in [0.2, 0.25) is 0 Å². The van der Waals surface area contributed by atoms with Gasteiger partial charge in [-0.3, -0.25) is 9.69 Å². The highest BCUT2D eigenvalue weighted by Crippen LogP contribution is 2.21. The molecule has 0 aromatic heterocycles. The van der Waals surface area contributed by atoms with E-state index in [-0.39, 0.29) is 11.9 Å². The lowest BCUT2D eigenvalue weighted by atomic mass is 9.97. The Labute approximate surface area is 120 Å². The first-order chi connectivity index (χ1) is 9.70. The van der Waals surface area contributed by atoms with Gasteiger partial charge in [-0.15, -0.1) is 0 Å². The molecule has 0 spiro atoms. The quantitative estimate of drug-likeness (QED) is 0.836. The number of benzene rings is 1. The second kappa shape index (κ2) is 7.41. The van der Waals surface area contributed by atoms with E-state index >= 15 is 0 Å². The third-order valence-corrected chi connectivity index (χ3v) is 3.74. The largest absolute Gasteiger partial charge is 0.466 e. The molecule has 0 aliphatic carbocycles. The molecule has 0 saturated carbocycles. The normalized spacial score (nSPS) is 21.4. The molecule has 1 N–H and O–H groups in total. The van der Waals surface area contributed by atoms with Gasteiger partial charge < -0.3 is 9.84 Å².